The van der Waals surface area contributed by atoms with Crippen molar-refractivity contribution in [3.63, 3.8) is 0 Å². The number of ether oxygens (including phenoxy) is 1. The van der Waals surface area contributed by atoms with Gasteiger partial charge in [-0.15, -0.1) is 0 Å². The van der Waals surface area contributed by atoms with Gasteiger partial charge in [0.15, 0.2) is 0 Å². The van der Waals surface area contributed by atoms with Crippen molar-refractivity contribution in [1.29, 1.82) is 0 Å². The van der Waals surface area contributed by atoms with E-state index in [0.717, 1.165) is 31.5 Å². The van der Waals surface area contributed by atoms with Crippen molar-refractivity contribution in [2.45, 2.75) is 19.8 Å². The lowest BCUT2D eigenvalue weighted by Crippen LogP contribution is -2.39. The number of hydrogen-bond acceptors (Lipinski definition) is 4. The number of amides is 2. The van der Waals surface area contributed by atoms with Crippen LogP contribution >= 0.6 is 0 Å². The van der Waals surface area contributed by atoms with Crippen LogP contribution in [0.1, 0.15) is 25.3 Å². The van der Waals surface area contributed by atoms with E-state index in [9.17, 15) is 9.59 Å². The van der Waals surface area contributed by atoms with Gasteiger partial charge in [0.2, 0.25) is 0 Å². The molecule has 0 aromatic heterocycles. The molecule has 4 rings (SSSR count). The number of imide groups is 1. The van der Waals surface area contributed by atoms with E-state index in [4.69, 9.17) is 4.74 Å². The first-order chi connectivity index (χ1) is 13.6. The minimum atomic E-state index is -0.269. The highest BCUT2D eigenvalue weighted by Crippen LogP contribution is 2.36. The van der Waals surface area contributed by atoms with Crippen molar-refractivity contribution in [3.05, 3.63) is 65.9 Å². The van der Waals surface area contributed by atoms with Gasteiger partial charge in [0.25, 0.3) is 11.8 Å². The number of anilines is 1. The summed E-state index contributed by atoms with van der Waals surface area (Å²) in [4.78, 5) is 30.2. The zero-order valence-electron chi connectivity index (χ0n) is 16.2. The van der Waals surface area contributed by atoms with Crippen LogP contribution in [0.25, 0.3) is 5.57 Å². The smallest absolute Gasteiger partial charge is 0.282 e. The summed E-state index contributed by atoms with van der Waals surface area (Å²) < 4.78 is 5.24. The Labute approximate surface area is 165 Å². The Hall–Kier alpha value is -3.08. The van der Waals surface area contributed by atoms with E-state index in [0.29, 0.717) is 28.6 Å². The number of para-hydroxylation sites is 1. The molecule has 5 heteroatoms. The second-order valence-corrected chi connectivity index (χ2v) is 7.43. The van der Waals surface area contributed by atoms with Crippen LogP contribution in [-0.4, -0.2) is 36.9 Å². The topological polar surface area (TPSA) is 49.9 Å². The first-order valence-corrected chi connectivity index (χ1v) is 9.67. The summed E-state index contributed by atoms with van der Waals surface area (Å²) in [5.41, 5.74) is 2.34. The van der Waals surface area contributed by atoms with Gasteiger partial charge in [-0.05, 0) is 48.6 Å². The van der Waals surface area contributed by atoms with Gasteiger partial charge in [0.1, 0.15) is 11.4 Å². The molecular formula is C23H24N2O3. The van der Waals surface area contributed by atoms with Crippen molar-refractivity contribution < 1.29 is 14.3 Å². The number of rotatable bonds is 4. The summed E-state index contributed by atoms with van der Waals surface area (Å²) in [7, 11) is 1.61. The average molecular weight is 376 g/mol. The van der Waals surface area contributed by atoms with Crippen LogP contribution < -0.4 is 9.64 Å². The lowest BCUT2D eigenvalue weighted by Gasteiger charge is -2.33. The van der Waals surface area contributed by atoms with Crippen LogP contribution in [0.5, 0.6) is 5.75 Å². The van der Waals surface area contributed by atoms with E-state index in [1.165, 1.54) is 4.90 Å². The SMILES string of the molecule is COc1ccc(C2=C(N3CCCC(C)C3)C(=O)N(c3ccccc3)C2=O)cc1. The molecule has 2 aliphatic rings. The molecule has 0 radical (unpaired) electrons. The first kappa shape index (κ1) is 18.3. The van der Waals surface area contributed by atoms with E-state index in [-0.39, 0.29) is 11.8 Å². The molecule has 28 heavy (non-hydrogen) atoms. The molecular weight excluding hydrogens is 352 g/mol. The summed E-state index contributed by atoms with van der Waals surface area (Å²) in [5, 5.41) is 0. The monoisotopic (exact) mass is 376 g/mol. The number of hydrogen-bond donors (Lipinski definition) is 0. The van der Waals surface area contributed by atoms with Crippen LogP contribution in [0.15, 0.2) is 60.3 Å². The van der Waals surface area contributed by atoms with Gasteiger partial charge in [-0.2, -0.15) is 0 Å². The predicted octanol–water partition coefficient (Wildman–Crippen LogP) is 3.71. The Kier molecular flexibility index (Phi) is 4.90. The number of nitrogens with zero attached hydrogens (tertiary/aromatic N) is 2. The van der Waals surface area contributed by atoms with Crippen LogP contribution in [0, 0.1) is 5.92 Å². The van der Waals surface area contributed by atoms with Gasteiger partial charge in [0, 0.05) is 13.1 Å². The van der Waals surface area contributed by atoms with Gasteiger partial charge >= 0.3 is 0 Å². The summed E-state index contributed by atoms with van der Waals surface area (Å²) >= 11 is 0. The molecule has 1 atom stereocenters. The number of piperidine rings is 1. The first-order valence-electron chi connectivity index (χ1n) is 9.67. The van der Waals surface area contributed by atoms with E-state index < -0.39 is 0 Å². The quantitative estimate of drug-likeness (QED) is 0.764. The number of carbonyl (C=O) groups excluding carboxylic acids is 2. The molecule has 0 saturated carbocycles. The normalized spacial score (nSPS) is 20.1. The number of benzene rings is 2. The van der Waals surface area contributed by atoms with Crippen LogP contribution in [0.4, 0.5) is 5.69 Å². The number of methoxy groups -OCH3 is 1. The standard InChI is InChI=1S/C23H24N2O3/c1-16-7-6-14-24(15-16)21-20(17-10-12-19(28-2)13-11-17)22(26)25(23(21)27)18-8-4-3-5-9-18/h3-5,8-13,16H,6-7,14-15H2,1-2H3. The molecule has 5 nitrogen and oxygen atoms in total. The molecule has 2 amide bonds. The van der Waals surface area contributed by atoms with Crippen molar-refractivity contribution in [1.82, 2.24) is 4.90 Å². The Morgan fingerprint density at radius 2 is 1.68 bits per heavy atom. The van der Waals surface area contributed by atoms with Gasteiger partial charge in [-0.1, -0.05) is 37.3 Å². The molecule has 0 aliphatic carbocycles. The van der Waals surface area contributed by atoms with Crippen molar-refractivity contribution in [3.8, 4) is 5.75 Å². The summed E-state index contributed by atoms with van der Waals surface area (Å²) in [5.74, 6) is 0.701. The lowest BCUT2D eigenvalue weighted by atomic mass is 9.98. The third-order valence-corrected chi connectivity index (χ3v) is 5.43. The van der Waals surface area contributed by atoms with Crippen molar-refractivity contribution in [2.75, 3.05) is 25.1 Å². The molecule has 2 aromatic carbocycles. The van der Waals surface area contributed by atoms with E-state index >= 15 is 0 Å². The molecule has 0 bridgehead atoms. The summed E-state index contributed by atoms with van der Waals surface area (Å²) in [6.45, 7) is 3.77. The Morgan fingerprint density at radius 1 is 0.964 bits per heavy atom. The summed E-state index contributed by atoms with van der Waals surface area (Å²) in [6.07, 6.45) is 2.17. The predicted molar refractivity (Wildman–Crippen MR) is 109 cm³/mol. The highest BCUT2D eigenvalue weighted by molar-refractivity contribution is 6.45. The molecule has 1 unspecified atom stereocenters. The molecule has 144 valence electrons. The summed E-state index contributed by atoms with van der Waals surface area (Å²) in [6, 6.07) is 16.5. The maximum absolute atomic E-state index is 13.4. The zero-order chi connectivity index (χ0) is 19.7. The molecule has 1 saturated heterocycles. The van der Waals surface area contributed by atoms with Gasteiger partial charge in [-0.25, -0.2) is 4.90 Å². The molecule has 1 fully saturated rings. The Bertz CT molecular complexity index is 919. The van der Waals surface area contributed by atoms with Crippen molar-refractivity contribution in [2.24, 2.45) is 5.92 Å². The van der Waals surface area contributed by atoms with Crippen LogP contribution in [-0.2, 0) is 9.59 Å². The average Bonchev–Trinajstić information content (AvgIpc) is 2.99. The van der Waals surface area contributed by atoms with Gasteiger partial charge in [0.05, 0.1) is 18.4 Å². The largest absolute Gasteiger partial charge is 0.497 e. The number of likely N-dealkylation sites (tertiary alicyclic amines) is 1. The minimum absolute atomic E-state index is 0.240. The van der Waals surface area contributed by atoms with Crippen molar-refractivity contribution >= 4 is 23.1 Å². The molecule has 0 N–H and O–H groups in total. The third kappa shape index (κ3) is 3.17. The van der Waals surface area contributed by atoms with E-state index in [2.05, 4.69) is 11.8 Å². The fraction of sp³-hybridized carbons (Fsp3) is 0.304. The second-order valence-electron chi connectivity index (χ2n) is 7.43. The van der Waals surface area contributed by atoms with Crippen LogP contribution in [0.2, 0.25) is 0 Å². The fourth-order valence-electron chi connectivity index (χ4n) is 4.03. The highest BCUT2D eigenvalue weighted by Gasteiger charge is 2.43. The Morgan fingerprint density at radius 3 is 2.32 bits per heavy atom. The fourth-order valence-corrected chi connectivity index (χ4v) is 4.03. The van der Waals surface area contributed by atoms with Gasteiger partial charge < -0.3 is 9.64 Å². The second kappa shape index (κ2) is 7.50. The zero-order valence-corrected chi connectivity index (χ0v) is 16.2. The minimum Gasteiger partial charge on any atom is -0.497 e. The lowest BCUT2D eigenvalue weighted by molar-refractivity contribution is -0.120. The number of carbonyl (C=O) groups is 2. The van der Waals surface area contributed by atoms with Crippen LogP contribution in [0.3, 0.4) is 0 Å². The third-order valence-electron chi connectivity index (χ3n) is 5.43. The van der Waals surface area contributed by atoms with E-state index in [1.54, 1.807) is 19.2 Å². The van der Waals surface area contributed by atoms with Gasteiger partial charge in [-0.3, -0.25) is 9.59 Å². The maximum atomic E-state index is 13.4. The van der Waals surface area contributed by atoms with E-state index in [1.807, 2.05) is 42.5 Å². The maximum Gasteiger partial charge on any atom is 0.282 e. The molecule has 2 heterocycles. The Balaban J connectivity index is 1.81. The highest BCUT2D eigenvalue weighted by atomic mass is 16.5. The molecule has 0 spiro atoms. The molecule has 2 aliphatic heterocycles. The molecule has 2 aromatic rings.